The summed E-state index contributed by atoms with van der Waals surface area (Å²) in [6.45, 7) is 2.04. The molecule has 0 unspecified atom stereocenters. The van der Waals surface area contributed by atoms with Crippen molar-refractivity contribution >= 4 is 31.6 Å². The minimum atomic E-state index is -4.04. The van der Waals surface area contributed by atoms with Crippen LogP contribution in [0.1, 0.15) is 18.9 Å². The smallest absolute Gasteiger partial charge is 0.244 e. The number of anilines is 1. The maximum Gasteiger partial charge on any atom is 0.244 e. The molecule has 0 radical (unpaired) electrons. The zero-order valence-electron chi connectivity index (χ0n) is 17.2. The van der Waals surface area contributed by atoms with Gasteiger partial charge in [-0.1, -0.05) is 12.1 Å². The van der Waals surface area contributed by atoms with Crippen molar-refractivity contribution in [3.05, 3.63) is 48.0 Å². The van der Waals surface area contributed by atoms with E-state index >= 15 is 0 Å². The monoisotopic (exact) mass is 468 g/mol. The first-order valence-corrected chi connectivity index (χ1v) is 12.7. The van der Waals surface area contributed by atoms with Gasteiger partial charge in [-0.3, -0.25) is 4.79 Å². The second kappa shape index (κ2) is 9.25. The first-order valence-electron chi connectivity index (χ1n) is 9.63. The molecule has 0 spiro atoms. The summed E-state index contributed by atoms with van der Waals surface area (Å²) in [5, 5.41) is 0. The number of ether oxygens (including phenoxy) is 2. The van der Waals surface area contributed by atoms with Crippen LogP contribution in [-0.2, 0) is 31.3 Å². The van der Waals surface area contributed by atoms with Gasteiger partial charge in [0.05, 0.1) is 25.2 Å². The third-order valence-corrected chi connectivity index (χ3v) is 7.87. The highest BCUT2D eigenvalue weighted by atomic mass is 32.2. The topological polar surface area (TPSA) is 119 Å². The molecular weight excluding hydrogens is 444 g/mol. The summed E-state index contributed by atoms with van der Waals surface area (Å²) in [5.41, 5.74) is 0.887. The van der Waals surface area contributed by atoms with Crippen molar-refractivity contribution in [2.45, 2.75) is 24.7 Å². The van der Waals surface area contributed by atoms with Crippen LogP contribution in [0, 0.1) is 0 Å². The van der Waals surface area contributed by atoms with Crippen molar-refractivity contribution < 1.29 is 31.1 Å². The van der Waals surface area contributed by atoms with Gasteiger partial charge in [0.25, 0.3) is 0 Å². The number of amides is 1. The molecule has 2 aromatic carbocycles. The van der Waals surface area contributed by atoms with E-state index in [1.165, 1.54) is 12.1 Å². The Labute approximate surface area is 182 Å². The fourth-order valence-corrected chi connectivity index (χ4v) is 5.82. The number of carbonyl (C=O) groups is 1. The number of rotatable bonds is 9. The predicted octanol–water partition coefficient (Wildman–Crippen LogP) is 1.68. The number of sulfonamides is 2. The quantitative estimate of drug-likeness (QED) is 0.595. The second-order valence-corrected chi connectivity index (χ2v) is 10.5. The van der Waals surface area contributed by atoms with Crippen molar-refractivity contribution in [3.8, 4) is 11.5 Å². The average molecular weight is 469 g/mol. The minimum Gasteiger partial charge on any atom is -0.497 e. The van der Waals surface area contributed by atoms with E-state index in [-0.39, 0.29) is 41.7 Å². The maximum absolute atomic E-state index is 13.0. The molecule has 1 N–H and O–H groups in total. The van der Waals surface area contributed by atoms with Crippen molar-refractivity contribution in [2.75, 3.05) is 30.3 Å². The number of benzene rings is 2. The first kappa shape index (κ1) is 23.0. The summed E-state index contributed by atoms with van der Waals surface area (Å²) in [5.74, 6) is -0.123. The Morgan fingerprint density at radius 1 is 1.13 bits per heavy atom. The summed E-state index contributed by atoms with van der Waals surface area (Å²) >= 11 is 0. The summed E-state index contributed by atoms with van der Waals surface area (Å²) in [6, 6.07) is 11.1. The molecule has 1 saturated heterocycles. The van der Waals surface area contributed by atoms with Gasteiger partial charge in [0.2, 0.25) is 26.0 Å². The van der Waals surface area contributed by atoms with Gasteiger partial charge in [0.15, 0.2) is 0 Å². The van der Waals surface area contributed by atoms with Crippen molar-refractivity contribution in [1.29, 1.82) is 0 Å². The summed E-state index contributed by atoms with van der Waals surface area (Å²) in [7, 11) is -6.29. The van der Waals surface area contributed by atoms with Crippen molar-refractivity contribution in [2.24, 2.45) is 0 Å². The molecule has 1 fully saturated rings. The molecule has 3 rings (SSSR count). The standard InChI is InChI=1S/C20H24N2O7S2/c1-3-29-18-9-6-16(22-20(23)11-13-30(22,24)25)14-19(18)31(26,27)21-12-10-15-4-7-17(28-2)8-5-15/h4-9,14,21H,3,10-13H2,1-2H3. The van der Waals surface area contributed by atoms with Gasteiger partial charge in [-0.2, -0.15) is 0 Å². The van der Waals surface area contributed by atoms with Gasteiger partial charge in [-0.15, -0.1) is 0 Å². The van der Waals surface area contributed by atoms with E-state index in [2.05, 4.69) is 4.72 Å². The molecule has 1 heterocycles. The van der Waals surface area contributed by atoms with Gasteiger partial charge < -0.3 is 9.47 Å². The first-order chi connectivity index (χ1) is 14.7. The Morgan fingerprint density at radius 2 is 1.84 bits per heavy atom. The number of hydrogen-bond donors (Lipinski definition) is 1. The number of nitrogens with one attached hydrogen (secondary N) is 1. The fourth-order valence-electron chi connectivity index (χ4n) is 3.18. The lowest BCUT2D eigenvalue weighted by atomic mass is 10.1. The lowest BCUT2D eigenvalue weighted by Crippen LogP contribution is -2.30. The van der Waals surface area contributed by atoms with E-state index in [9.17, 15) is 21.6 Å². The van der Waals surface area contributed by atoms with Gasteiger partial charge in [-0.05, 0) is 49.2 Å². The van der Waals surface area contributed by atoms with Crippen LogP contribution in [0.3, 0.4) is 0 Å². The highest BCUT2D eigenvalue weighted by Gasteiger charge is 2.37. The van der Waals surface area contributed by atoms with Gasteiger partial charge in [-0.25, -0.2) is 25.9 Å². The molecule has 0 atom stereocenters. The number of carbonyl (C=O) groups excluding carboxylic acids is 1. The Bertz CT molecular complexity index is 1160. The Hall–Kier alpha value is -2.63. The molecule has 2 aromatic rings. The average Bonchev–Trinajstić information content (AvgIpc) is 3.01. The summed E-state index contributed by atoms with van der Waals surface area (Å²) in [4.78, 5) is 11.9. The van der Waals surface area contributed by atoms with Gasteiger partial charge >= 0.3 is 0 Å². The van der Waals surface area contributed by atoms with Crippen LogP contribution in [0.2, 0.25) is 0 Å². The minimum absolute atomic E-state index is 0.0264. The van der Waals surface area contributed by atoms with E-state index < -0.39 is 26.0 Å². The molecule has 1 amide bonds. The van der Waals surface area contributed by atoms with E-state index in [1.54, 1.807) is 26.2 Å². The normalized spacial score (nSPS) is 15.8. The zero-order chi connectivity index (χ0) is 22.6. The lowest BCUT2D eigenvalue weighted by Gasteiger charge is -2.18. The van der Waals surface area contributed by atoms with Crippen LogP contribution in [0.15, 0.2) is 47.4 Å². The number of methoxy groups -OCH3 is 1. The maximum atomic E-state index is 13.0. The van der Waals surface area contributed by atoms with Crippen LogP contribution in [0.5, 0.6) is 11.5 Å². The van der Waals surface area contributed by atoms with Gasteiger partial charge in [0.1, 0.15) is 16.4 Å². The largest absolute Gasteiger partial charge is 0.497 e. The van der Waals surface area contributed by atoms with Crippen LogP contribution in [-0.4, -0.2) is 48.8 Å². The third-order valence-electron chi connectivity index (χ3n) is 4.69. The SMILES string of the molecule is CCOc1ccc(N2C(=O)CCS2(=O)=O)cc1S(=O)(=O)NCCc1ccc(OC)cc1. The molecule has 168 valence electrons. The Balaban J connectivity index is 1.84. The summed E-state index contributed by atoms with van der Waals surface area (Å²) < 4.78 is 64.1. The third kappa shape index (κ3) is 5.17. The molecule has 11 heteroatoms. The number of nitrogens with zero attached hydrogens (tertiary/aromatic N) is 1. The molecule has 9 nitrogen and oxygen atoms in total. The molecule has 0 aliphatic carbocycles. The van der Waals surface area contributed by atoms with Crippen molar-refractivity contribution in [3.63, 3.8) is 0 Å². The van der Waals surface area contributed by atoms with E-state index in [1.807, 2.05) is 12.1 Å². The molecule has 0 aromatic heterocycles. The Kier molecular flexibility index (Phi) is 6.87. The molecule has 1 aliphatic heterocycles. The highest BCUT2D eigenvalue weighted by molar-refractivity contribution is 7.94. The molecular formula is C20H24N2O7S2. The second-order valence-electron chi connectivity index (χ2n) is 6.78. The van der Waals surface area contributed by atoms with Gasteiger partial charge in [0, 0.05) is 13.0 Å². The molecule has 0 saturated carbocycles. The summed E-state index contributed by atoms with van der Waals surface area (Å²) in [6.07, 6.45) is 0.295. The fraction of sp³-hybridized carbons (Fsp3) is 0.350. The van der Waals surface area contributed by atoms with Crippen molar-refractivity contribution in [1.82, 2.24) is 4.72 Å². The molecule has 1 aliphatic rings. The van der Waals surface area contributed by atoms with E-state index in [0.717, 1.165) is 11.6 Å². The van der Waals surface area contributed by atoms with Crippen LogP contribution >= 0.6 is 0 Å². The predicted molar refractivity (Wildman–Crippen MR) is 115 cm³/mol. The Morgan fingerprint density at radius 3 is 2.42 bits per heavy atom. The van der Waals surface area contributed by atoms with E-state index in [4.69, 9.17) is 9.47 Å². The van der Waals surface area contributed by atoms with Crippen LogP contribution < -0.4 is 18.5 Å². The highest BCUT2D eigenvalue weighted by Crippen LogP contribution is 2.32. The van der Waals surface area contributed by atoms with Crippen LogP contribution in [0.25, 0.3) is 0 Å². The lowest BCUT2D eigenvalue weighted by molar-refractivity contribution is -0.116. The molecule has 0 bridgehead atoms. The zero-order valence-corrected chi connectivity index (χ0v) is 18.8. The van der Waals surface area contributed by atoms with E-state index in [0.29, 0.717) is 16.5 Å². The number of hydrogen-bond acceptors (Lipinski definition) is 7. The molecule has 31 heavy (non-hydrogen) atoms. The van der Waals surface area contributed by atoms with Crippen LogP contribution in [0.4, 0.5) is 5.69 Å².